The molecule has 0 fully saturated rings. The van der Waals surface area contributed by atoms with Crippen molar-refractivity contribution in [1.29, 1.82) is 0 Å². The summed E-state index contributed by atoms with van der Waals surface area (Å²) < 4.78 is 40.1. The second-order valence-electron chi connectivity index (χ2n) is 5.19. The van der Waals surface area contributed by atoms with Crippen LogP contribution in [-0.2, 0) is 4.79 Å². The highest BCUT2D eigenvalue weighted by Crippen LogP contribution is 2.25. The fourth-order valence-corrected chi connectivity index (χ4v) is 2.10. The van der Waals surface area contributed by atoms with Crippen molar-refractivity contribution in [1.82, 2.24) is 0 Å². The van der Waals surface area contributed by atoms with Gasteiger partial charge in [0, 0.05) is 23.9 Å². The van der Waals surface area contributed by atoms with E-state index < -0.39 is 18.0 Å². The maximum absolute atomic E-state index is 12.2. The first-order valence-corrected chi connectivity index (χ1v) is 7.20. The van der Waals surface area contributed by atoms with E-state index in [0.717, 1.165) is 12.1 Å². The van der Waals surface area contributed by atoms with Crippen molar-refractivity contribution in [3.8, 4) is 5.75 Å². The molecule has 0 aromatic heterocycles. The van der Waals surface area contributed by atoms with Crippen LogP contribution >= 0.6 is 0 Å². The third-order valence-corrected chi connectivity index (χ3v) is 3.24. The van der Waals surface area contributed by atoms with Crippen LogP contribution < -0.4 is 15.4 Å². The Morgan fingerprint density at radius 2 is 1.52 bits per heavy atom. The van der Waals surface area contributed by atoms with E-state index in [9.17, 15) is 22.8 Å². The van der Waals surface area contributed by atoms with Gasteiger partial charge in [-0.25, -0.2) is 0 Å². The van der Waals surface area contributed by atoms with E-state index in [1.54, 1.807) is 25.1 Å². The number of anilines is 2. The molecular formula is C17H15F3N2O3. The zero-order valence-electron chi connectivity index (χ0n) is 13.4. The average Bonchev–Trinajstić information content (AvgIpc) is 2.50. The fourth-order valence-electron chi connectivity index (χ4n) is 2.10. The molecule has 2 amide bonds. The van der Waals surface area contributed by atoms with Gasteiger partial charge in [-0.05, 0) is 48.9 Å². The van der Waals surface area contributed by atoms with Gasteiger partial charge in [-0.2, -0.15) is 0 Å². The second-order valence-corrected chi connectivity index (χ2v) is 5.19. The van der Waals surface area contributed by atoms with Gasteiger partial charge in [-0.15, -0.1) is 13.2 Å². The van der Waals surface area contributed by atoms with Crippen LogP contribution in [0, 0.1) is 6.92 Å². The third-order valence-electron chi connectivity index (χ3n) is 3.24. The normalized spacial score (nSPS) is 10.9. The van der Waals surface area contributed by atoms with Crippen LogP contribution in [0.1, 0.15) is 22.8 Å². The van der Waals surface area contributed by atoms with Gasteiger partial charge in [0.1, 0.15) is 5.75 Å². The molecule has 0 saturated heterocycles. The van der Waals surface area contributed by atoms with Crippen molar-refractivity contribution in [3.05, 3.63) is 53.6 Å². The molecule has 0 unspecified atom stereocenters. The Labute approximate surface area is 141 Å². The summed E-state index contributed by atoms with van der Waals surface area (Å²) in [6.07, 6.45) is -4.79. The predicted octanol–water partition coefficient (Wildman–Crippen LogP) is 4.10. The smallest absolute Gasteiger partial charge is 0.406 e. The lowest BCUT2D eigenvalue weighted by Gasteiger charge is -2.13. The van der Waals surface area contributed by atoms with E-state index in [4.69, 9.17) is 0 Å². The number of benzene rings is 2. The Bertz CT molecular complexity index is 787. The van der Waals surface area contributed by atoms with Gasteiger partial charge in [0.05, 0.1) is 0 Å². The number of halogens is 3. The van der Waals surface area contributed by atoms with Crippen LogP contribution in [0.3, 0.4) is 0 Å². The molecule has 0 radical (unpaired) electrons. The number of hydrogen-bond acceptors (Lipinski definition) is 3. The number of alkyl halides is 3. The molecule has 0 atom stereocenters. The minimum atomic E-state index is -4.79. The highest BCUT2D eigenvalue weighted by molar-refractivity contribution is 6.05. The molecule has 0 spiro atoms. The van der Waals surface area contributed by atoms with Gasteiger partial charge in [0.25, 0.3) is 5.91 Å². The van der Waals surface area contributed by atoms with Crippen LogP contribution in [0.2, 0.25) is 0 Å². The fraction of sp³-hybridized carbons (Fsp3) is 0.176. The second kappa shape index (κ2) is 7.25. The molecule has 0 saturated carbocycles. The average molecular weight is 352 g/mol. The first-order chi connectivity index (χ1) is 11.7. The van der Waals surface area contributed by atoms with E-state index in [0.29, 0.717) is 16.9 Å². The van der Waals surface area contributed by atoms with Crippen molar-refractivity contribution in [3.63, 3.8) is 0 Å². The maximum atomic E-state index is 12.2. The van der Waals surface area contributed by atoms with E-state index in [1.165, 1.54) is 19.1 Å². The van der Waals surface area contributed by atoms with Crippen LogP contribution in [0.15, 0.2) is 42.5 Å². The van der Waals surface area contributed by atoms with E-state index >= 15 is 0 Å². The summed E-state index contributed by atoms with van der Waals surface area (Å²) in [5.41, 5.74) is 1.85. The predicted molar refractivity (Wildman–Crippen MR) is 86.6 cm³/mol. The number of amides is 2. The molecule has 2 aromatic rings. The summed E-state index contributed by atoms with van der Waals surface area (Å²) in [6, 6.07) is 9.57. The van der Waals surface area contributed by atoms with E-state index in [-0.39, 0.29) is 11.5 Å². The Balaban J connectivity index is 2.13. The molecule has 0 aliphatic carbocycles. The highest BCUT2D eigenvalue weighted by Gasteiger charge is 2.31. The third kappa shape index (κ3) is 5.23. The van der Waals surface area contributed by atoms with Gasteiger partial charge in [0.2, 0.25) is 5.91 Å². The van der Waals surface area contributed by atoms with E-state index in [1.807, 2.05) is 0 Å². The van der Waals surface area contributed by atoms with Crippen LogP contribution in [0.5, 0.6) is 5.75 Å². The monoisotopic (exact) mass is 352 g/mol. The first kappa shape index (κ1) is 18.3. The zero-order chi connectivity index (χ0) is 18.6. The van der Waals surface area contributed by atoms with Gasteiger partial charge in [0.15, 0.2) is 0 Å². The molecule has 2 N–H and O–H groups in total. The molecule has 8 heteroatoms. The Morgan fingerprint density at radius 3 is 2.04 bits per heavy atom. The molecule has 25 heavy (non-hydrogen) atoms. The SMILES string of the molecule is CC(=O)Nc1cccc(NC(=O)c2ccc(OC(F)(F)F)cc2)c1C. The molecule has 132 valence electrons. The van der Waals surface area contributed by atoms with Crippen LogP contribution in [0.4, 0.5) is 24.5 Å². The lowest BCUT2D eigenvalue weighted by molar-refractivity contribution is -0.274. The summed E-state index contributed by atoms with van der Waals surface area (Å²) in [4.78, 5) is 23.4. The Morgan fingerprint density at radius 1 is 0.960 bits per heavy atom. The van der Waals surface area contributed by atoms with Crippen molar-refractivity contribution in [2.45, 2.75) is 20.2 Å². The Hall–Kier alpha value is -3.03. The molecule has 2 rings (SSSR count). The lowest BCUT2D eigenvalue weighted by Crippen LogP contribution is -2.17. The van der Waals surface area contributed by atoms with E-state index in [2.05, 4.69) is 15.4 Å². The molecule has 0 heterocycles. The molecule has 0 bridgehead atoms. The molecule has 5 nitrogen and oxygen atoms in total. The van der Waals surface area contributed by atoms with Gasteiger partial charge >= 0.3 is 6.36 Å². The first-order valence-electron chi connectivity index (χ1n) is 7.20. The number of carbonyl (C=O) groups excluding carboxylic acids is 2. The highest BCUT2D eigenvalue weighted by atomic mass is 19.4. The summed E-state index contributed by atoms with van der Waals surface area (Å²) >= 11 is 0. The molecule has 0 aliphatic rings. The quantitative estimate of drug-likeness (QED) is 0.870. The van der Waals surface area contributed by atoms with Crippen molar-refractivity contribution >= 4 is 23.2 Å². The number of ether oxygens (including phenoxy) is 1. The number of hydrogen-bond donors (Lipinski definition) is 2. The van der Waals surface area contributed by atoms with Gasteiger partial charge < -0.3 is 15.4 Å². The largest absolute Gasteiger partial charge is 0.573 e. The molecule has 2 aromatic carbocycles. The summed E-state index contributed by atoms with van der Waals surface area (Å²) in [6.45, 7) is 3.09. The summed E-state index contributed by atoms with van der Waals surface area (Å²) in [5.74, 6) is -1.15. The maximum Gasteiger partial charge on any atom is 0.573 e. The van der Waals surface area contributed by atoms with Crippen LogP contribution in [0.25, 0.3) is 0 Å². The number of nitrogens with one attached hydrogen (secondary N) is 2. The minimum absolute atomic E-state index is 0.166. The topological polar surface area (TPSA) is 67.4 Å². The molecular weight excluding hydrogens is 337 g/mol. The number of rotatable bonds is 4. The standard InChI is InChI=1S/C17H15F3N2O3/c1-10-14(21-11(2)23)4-3-5-15(10)22-16(24)12-6-8-13(9-7-12)25-17(18,19)20/h3-9H,1-2H3,(H,21,23)(H,22,24). The van der Waals surface area contributed by atoms with Gasteiger partial charge in [-0.1, -0.05) is 6.07 Å². The zero-order valence-corrected chi connectivity index (χ0v) is 13.4. The summed E-state index contributed by atoms with van der Waals surface area (Å²) in [7, 11) is 0. The van der Waals surface area contributed by atoms with Crippen LogP contribution in [-0.4, -0.2) is 18.2 Å². The summed E-state index contributed by atoms with van der Waals surface area (Å²) in [5, 5.41) is 5.30. The van der Waals surface area contributed by atoms with Crippen molar-refractivity contribution in [2.24, 2.45) is 0 Å². The van der Waals surface area contributed by atoms with Crippen molar-refractivity contribution < 1.29 is 27.5 Å². The van der Waals surface area contributed by atoms with Gasteiger partial charge in [-0.3, -0.25) is 9.59 Å². The molecule has 0 aliphatic heterocycles. The van der Waals surface area contributed by atoms with Crippen molar-refractivity contribution in [2.75, 3.05) is 10.6 Å². The Kier molecular flexibility index (Phi) is 5.31. The number of carbonyl (C=O) groups is 2. The minimum Gasteiger partial charge on any atom is -0.406 e. The lowest BCUT2D eigenvalue weighted by atomic mass is 10.1.